The number of aliphatic hydroxyl groups is 1. The van der Waals surface area contributed by atoms with Crippen molar-refractivity contribution in [3.63, 3.8) is 0 Å². The number of aryl methyl sites for hydroxylation is 2. The number of nitrogens with zero attached hydrogens (tertiary/aromatic N) is 1. The maximum Gasteiger partial charge on any atom is 0.254 e. The molecule has 1 heterocycles. The summed E-state index contributed by atoms with van der Waals surface area (Å²) in [4.78, 5) is 16.7. The Bertz CT molecular complexity index is 447. The monoisotopic (exact) mass is 281 g/mol. The normalized spacial score (nSPS) is 23.4. The van der Waals surface area contributed by atoms with E-state index >= 15 is 0 Å². The molecule has 0 bridgehead atoms. The van der Waals surface area contributed by atoms with Crippen molar-refractivity contribution >= 4 is 17.2 Å². The van der Waals surface area contributed by atoms with Crippen LogP contribution in [0.2, 0.25) is 0 Å². The third-order valence-corrected chi connectivity index (χ3v) is 5.18. The molecule has 1 amide bonds. The number of carbonyl (C=O) groups is 1. The molecule has 2 rings (SSSR count). The molecule has 1 aliphatic carbocycles. The van der Waals surface area contributed by atoms with Gasteiger partial charge in [-0.05, 0) is 51.5 Å². The SMILES string of the molecule is Cc1cc(C(=O)N(C)C2CCC(CO)CC2)c(C)s1. The fourth-order valence-corrected chi connectivity index (χ4v) is 3.83. The van der Waals surface area contributed by atoms with Crippen LogP contribution in [0.4, 0.5) is 0 Å². The Hall–Kier alpha value is -0.870. The molecule has 0 radical (unpaired) electrons. The fraction of sp³-hybridized carbons (Fsp3) is 0.667. The molecule has 0 aromatic carbocycles. The van der Waals surface area contributed by atoms with Gasteiger partial charge in [-0.15, -0.1) is 11.3 Å². The van der Waals surface area contributed by atoms with Crippen molar-refractivity contribution in [1.29, 1.82) is 0 Å². The van der Waals surface area contributed by atoms with Crippen molar-refractivity contribution < 1.29 is 9.90 Å². The smallest absolute Gasteiger partial charge is 0.254 e. The summed E-state index contributed by atoms with van der Waals surface area (Å²) in [5.41, 5.74) is 0.856. The van der Waals surface area contributed by atoms with Crippen LogP contribution in [-0.2, 0) is 0 Å². The van der Waals surface area contributed by atoms with Gasteiger partial charge >= 0.3 is 0 Å². The van der Waals surface area contributed by atoms with Crippen molar-refractivity contribution in [3.8, 4) is 0 Å². The standard InChI is InChI=1S/C15H23NO2S/c1-10-8-14(11(2)19-10)15(18)16(3)13-6-4-12(9-17)5-7-13/h8,12-13,17H,4-7,9H2,1-3H3. The van der Waals surface area contributed by atoms with Crippen LogP contribution in [0, 0.1) is 19.8 Å². The van der Waals surface area contributed by atoms with Crippen molar-refractivity contribution in [3.05, 3.63) is 21.4 Å². The lowest BCUT2D eigenvalue weighted by atomic mass is 9.86. The van der Waals surface area contributed by atoms with E-state index in [1.54, 1.807) is 11.3 Å². The minimum atomic E-state index is 0.147. The van der Waals surface area contributed by atoms with Crippen molar-refractivity contribution in [2.24, 2.45) is 5.92 Å². The average molecular weight is 281 g/mol. The molecule has 1 aliphatic rings. The van der Waals surface area contributed by atoms with Crippen LogP contribution in [0.25, 0.3) is 0 Å². The summed E-state index contributed by atoms with van der Waals surface area (Å²) in [6, 6.07) is 2.33. The quantitative estimate of drug-likeness (QED) is 0.925. The largest absolute Gasteiger partial charge is 0.396 e. The van der Waals surface area contributed by atoms with Crippen LogP contribution in [0.15, 0.2) is 6.07 Å². The predicted molar refractivity (Wildman–Crippen MR) is 78.7 cm³/mol. The van der Waals surface area contributed by atoms with Gasteiger partial charge in [0.2, 0.25) is 0 Å². The molecule has 1 N–H and O–H groups in total. The average Bonchev–Trinajstić information content (AvgIpc) is 2.76. The summed E-state index contributed by atoms with van der Waals surface area (Å²) in [5, 5.41) is 9.16. The highest BCUT2D eigenvalue weighted by atomic mass is 32.1. The molecule has 3 nitrogen and oxygen atoms in total. The summed E-state index contributed by atoms with van der Waals surface area (Å²) < 4.78 is 0. The van der Waals surface area contributed by atoms with E-state index in [9.17, 15) is 4.79 Å². The first-order chi connectivity index (χ1) is 9.02. The van der Waals surface area contributed by atoms with E-state index in [4.69, 9.17) is 5.11 Å². The molecular formula is C15H23NO2S. The van der Waals surface area contributed by atoms with Gasteiger partial charge in [0, 0.05) is 29.5 Å². The van der Waals surface area contributed by atoms with Gasteiger partial charge in [0.05, 0.1) is 5.56 Å². The summed E-state index contributed by atoms with van der Waals surface area (Å²) >= 11 is 1.69. The molecule has 0 saturated heterocycles. The lowest BCUT2D eigenvalue weighted by molar-refractivity contribution is 0.0652. The third kappa shape index (κ3) is 3.18. The van der Waals surface area contributed by atoms with E-state index < -0.39 is 0 Å². The zero-order valence-electron chi connectivity index (χ0n) is 12.0. The molecule has 1 saturated carbocycles. The lowest BCUT2D eigenvalue weighted by Gasteiger charge is -2.34. The van der Waals surface area contributed by atoms with Crippen LogP contribution < -0.4 is 0 Å². The second-order valence-corrected chi connectivity index (χ2v) is 7.06. The van der Waals surface area contributed by atoms with Crippen molar-refractivity contribution in [2.45, 2.75) is 45.6 Å². The van der Waals surface area contributed by atoms with E-state index in [1.807, 2.05) is 31.9 Å². The number of hydrogen-bond donors (Lipinski definition) is 1. The highest BCUT2D eigenvalue weighted by Gasteiger charge is 2.27. The number of aliphatic hydroxyl groups excluding tert-OH is 1. The Kier molecular flexibility index (Phi) is 4.63. The van der Waals surface area contributed by atoms with E-state index in [2.05, 4.69) is 0 Å². The number of hydrogen-bond acceptors (Lipinski definition) is 3. The number of amides is 1. The van der Waals surface area contributed by atoms with Crippen LogP contribution in [0.1, 0.15) is 45.8 Å². The topological polar surface area (TPSA) is 40.5 Å². The van der Waals surface area contributed by atoms with Gasteiger partial charge in [-0.1, -0.05) is 0 Å². The molecule has 4 heteroatoms. The van der Waals surface area contributed by atoms with Gasteiger partial charge in [0.1, 0.15) is 0 Å². The number of rotatable bonds is 3. The summed E-state index contributed by atoms with van der Waals surface area (Å²) in [6.45, 7) is 4.34. The third-order valence-electron chi connectivity index (χ3n) is 4.21. The Morgan fingerprint density at radius 3 is 2.47 bits per heavy atom. The van der Waals surface area contributed by atoms with Crippen LogP contribution >= 0.6 is 11.3 Å². The minimum Gasteiger partial charge on any atom is -0.396 e. The van der Waals surface area contributed by atoms with E-state index in [-0.39, 0.29) is 12.5 Å². The molecular weight excluding hydrogens is 258 g/mol. The second kappa shape index (κ2) is 6.06. The van der Waals surface area contributed by atoms with Crippen LogP contribution in [0.3, 0.4) is 0 Å². The van der Waals surface area contributed by atoms with Gasteiger partial charge in [-0.3, -0.25) is 4.79 Å². The molecule has 0 atom stereocenters. The lowest BCUT2D eigenvalue weighted by Crippen LogP contribution is -2.39. The van der Waals surface area contributed by atoms with Crippen molar-refractivity contribution in [1.82, 2.24) is 4.90 Å². The molecule has 0 aliphatic heterocycles. The highest BCUT2D eigenvalue weighted by Crippen LogP contribution is 2.29. The Morgan fingerprint density at radius 2 is 2.00 bits per heavy atom. The summed E-state index contributed by atoms with van der Waals surface area (Å²) in [7, 11) is 1.92. The molecule has 1 aromatic rings. The molecule has 0 unspecified atom stereocenters. The van der Waals surface area contributed by atoms with Crippen LogP contribution in [0.5, 0.6) is 0 Å². The first-order valence-corrected chi connectivity index (χ1v) is 7.79. The van der Waals surface area contributed by atoms with Gasteiger partial charge in [0.15, 0.2) is 0 Å². The summed E-state index contributed by atoms with van der Waals surface area (Å²) in [6.07, 6.45) is 4.08. The first-order valence-electron chi connectivity index (χ1n) is 6.98. The molecule has 1 aromatic heterocycles. The number of thiophene rings is 1. The van der Waals surface area contributed by atoms with Gasteiger partial charge in [-0.2, -0.15) is 0 Å². The molecule has 0 spiro atoms. The van der Waals surface area contributed by atoms with Crippen molar-refractivity contribution in [2.75, 3.05) is 13.7 Å². The highest BCUT2D eigenvalue weighted by molar-refractivity contribution is 7.12. The van der Waals surface area contributed by atoms with E-state index in [1.165, 1.54) is 4.88 Å². The molecule has 19 heavy (non-hydrogen) atoms. The zero-order chi connectivity index (χ0) is 14.0. The predicted octanol–water partition coefficient (Wildman–Crippen LogP) is 2.99. The molecule has 1 fully saturated rings. The molecule has 106 valence electrons. The fourth-order valence-electron chi connectivity index (χ4n) is 2.91. The maximum atomic E-state index is 12.5. The first kappa shape index (κ1) is 14.5. The van der Waals surface area contributed by atoms with Crippen LogP contribution in [-0.4, -0.2) is 35.6 Å². The van der Waals surface area contributed by atoms with E-state index in [0.717, 1.165) is 36.1 Å². The van der Waals surface area contributed by atoms with Gasteiger partial charge in [0.25, 0.3) is 5.91 Å². The maximum absolute atomic E-state index is 12.5. The zero-order valence-corrected chi connectivity index (χ0v) is 12.8. The Morgan fingerprint density at radius 1 is 1.37 bits per heavy atom. The van der Waals surface area contributed by atoms with E-state index in [0.29, 0.717) is 12.0 Å². The summed E-state index contributed by atoms with van der Waals surface area (Å²) in [5.74, 6) is 0.583. The Labute approximate surface area is 119 Å². The van der Waals surface area contributed by atoms with Gasteiger partial charge < -0.3 is 10.0 Å². The van der Waals surface area contributed by atoms with Gasteiger partial charge in [-0.25, -0.2) is 0 Å². The Balaban J connectivity index is 2.02. The number of carbonyl (C=O) groups excluding carboxylic acids is 1. The minimum absolute atomic E-state index is 0.147. The second-order valence-electron chi connectivity index (χ2n) is 5.60.